The smallest absolute Gasteiger partial charge is 0.162 e. The number of benzene rings is 1. The Balaban J connectivity index is 0.000000113. The lowest BCUT2D eigenvalue weighted by atomic mass is 10.1. The van der Waals surface area contributed by atoms with E-state index < -0.39 is 0 Å². The Morgan fingerprint density at radius 3 is 2.41 bits per heavy atom. The number of hydroxylamine groups is 1. The largest absolute Gasteiger partial charge is 0.382 e. The lowest BCUT2D eigenvalue weighted by Gasteiger charge is -2.11. The Morgan fingerprint density at radius 1 is 1.06 bits per heavy atom. The van der Waals surface area contributed by atoms with Crippen LogP contribution in [0.1, 0.15) is 24.8 Å². The first-order valence-corrected chi connectivity index (χ1v) is 6.28. The van der Waals surface area contributed by atoms with Gasteiger partial charge in [-0.05, 0) is 43.2 Å². The topological polar surface area (TPSA) is 21.3 Å². The van der Waals surface area contributed by atoms with E-state index in [9.17, 15) is 0 Å². The van der Waals surface area contributed by atoms with Gasteiger partial charge in [0.1, 0.15) is 0 Å². The summed E-state index contributed by atoms with van der Waals surface area (Å²) in [7, 11) is 0. The maximum atomic E-state index is 5.09. The van der Waals surface area contributed by atoms with Crippen molar-refractivity contribution in [3.8, 4) is 5.75 Å². The van der Waals surface area contributed by atoms with E-state index >= 15 is 0 Å². The summed E-state index contributed by atoms with van der Waals surface area (Å²) in [5.41, 5.74) is 3.77. The third-order valence-electron chi connectivity index (χ3n) is 3.59. The van der Waals surface area contributed by atoms with Crippen molar-refractivity contribution >= 4 is 6.08 Å². The summed E-state index contributed by atoms with van der Waals surface area (Å²) in [6.45, 7) is 0. The SMILES string of the molecule is C1=CC2CCC1C2.C1=Cc2ccccc2ON1. The maximum Gasteiger partial charge on any atom is 0.162 e. The van der Waals surface area contributed by atoms with Gasteiger partial charge in [-0.2, -0.15) is 0 Å². The fraction of sp³-hybridized carbons (Fsp3) is 0.333. The lowest BCUT2D eigenvalue weighted by Crippen LogP contribution is -2.13. The summed E-state index contributed by atoms with van der Waals surface area (Å²) >= 11 is 0. The van der Waals surface area contributed by atoms with Gasteiger partial charge in [0.2, 0.25) is 0 Å². The first kappa shape index (κ1) is 10.5. The highest BCUT2D eigenvalue weighted by atomic mass is 16.6. The standard InChI is InChI=1S/C8H7NO.C7H10/c1-2-4-8-7(3-1)5-6-9-10-8;1-2-7-4-3-6(1)5-7/h1-6,9H;1-2,6-7H,3-5H2. The lowest BCUT2D eigenvalue weighted by molar-refractivity contribution is 0.239. The molecule has 1 aliphatic heterocycles. The second kappa shape index (κ2) is 4.66. The van der Waals surface area contributed by atoms with Gasteiger partial charge in [0, 0.05) is 11.8 Å². The summed E-state index contributed by atoms with van der Waals surface area (Å²) in [6, 6.07) is 7.86. The Bertz CT molecular complexity index is 438. The van der Waals surface area contributed by atoms with Crippen LogP contribution < -0.4 is 10.3 Å². The van der Waals surface area contributed by atoms with Crippen molar-refractivity contribution in [1.29, 1.82) is 0 Å². The predicted octanol–water partition coefficient (Wildman–Crippen LogP) is 3.53. The molecule has 1 N–H and O–H groups in total. The fourth-order valence-electron chi connectivity index (χ4n) is 2.65. The monoisotopic (exact) mass is 227 g/mol. The number of hydrogen-bond donors (Lipinski definition) is 1. The zero-order valence-corrected chi connectivity index (χ0v) is 9.80. The van der Waals surface area contributed by atoms with Crippen LogP contribution in [0.5, 0.6) is 5.75 Å². The van der Waals surface area contributed by atoms with Gasteiger partial charge in [-0.3, -0.25) is 0 Å². The van der Waals surface area contributed by atoms with Crippen LogP contribution >= 0.6 is 0 Å². The fourth-order valence-corrected chi connectivity index (χ4v) is 2.65. The molecule has 0 amide bonds. The van der Waals surface area contributed by atoms with Crippen LogP contribution in [0.2, 0.25) is 0 Å². The molecule has 0 saturated heterocycles. The second-order valence-corrected chi connectivity index (χ2v) is 4.81. The van der Waals surface area contributed by atoms with Crippen LogP contribution in [-0.4, -0.2) is 0 Å². The Hall–Kier alpha value is -1.70. The van der Waals surface area contributed by atoms with Crippen LogP contribution in [0.25, 0.3) is 6.08 Å². The molecule has 2 nitrogen and oxygen atoms in total. The van der Waals surface area contributed by atoms with Gasteiger partial charge in [-0.25, -0.2) is 5.48 Å². The average molecular weight is 227 g/mol. The van der Waals surface area contributed by atoms with Crippen molar-refractivity contribution in [2.24, 2.45) is 11.8 Å². The Labute approximate surface area is 102 Å². The van der Waals surface area contributed by atoms with E-state index in [2.05, 4.69) is 17.6 Å². The number of nitrogens with one attached hydrogen (secondary N) is 1. The van der Waals surface area contributed by atoms with Gasteiger partial charge in [-0.1, -0.05) is 30.4 Å². The van der Waals surface area contributed by atoms with Crippen molar-refractivity contribution in [1.82, 2.24) is 5.48 Å². The van der Waals surface area contributed by atoms with Crippen molar-refractivity contribution in [3.05, 3.63) is 48.2 Å². The highest BCUT2D eigenvalue weighted by Crippen LogP contribution is 2.38. The minimum Gasteiger partial charge on any atom is -0.382 e. The summed E-state index contributed by atoms with van der Waals surface area (Å²) in [5, 5.41) is 0. The van der Waals surface area contributed by atoms with Gasteiger partial charge in [0.05, 0.1) is 0 Å². The van der Waals surface area contributed by atoms with Crippen molar-refractivity contribution in [2.75, 3.05) is 0 Å². The first-order chi connectivity index (χ1) is 8.42. The van der Waals surface area contributed by atoms with E-state index in [1.807, 2.05) is 30.3 Å². The molecule has 17 heavy (non-hydrogen) atoms. The normalized spacial score (nSPS) is 26.6. The second-order valence-electron chi connectivity index (χ2n) is 4.81. The molecular formula is C15H17NO. The number of para-hydroxylation sites is 1. The number of rotatable bonds is 0. The molecule has 1 saturated carbocycles. The molecule has 2 atom stereocenters. The maximum absolute atomic E-state index is 5.09. The van der Waals surface area contributed by atoms with Crippen molar-refractivity contribution in [3.63, 3.8) is 0 Å². The predicted molar refractivity (Wildman–Crippen MR) is 69.2 cm³/mol. The van der Waals surface area contributed by atoms with Gasteiger partial charge in [0.15, 0.2) is 5.75 Å². The van der Waals surface area contributed by atoms with Crippen LogP contribution in [0.15, 0.2) is 42.6 Å². The summed E-state index contributed by atoms with van der Waals surface area (Å²) in [5.74, 6) is 2.86. The third-order valence-corrected chi connectivity index (χ3v) is 3.59. The van der Waals surface area contributed by atoms with E-state index in [0.29, 0.717) is 0 Å². The molecule has 1 heterocycles. The molecule has 4 rings (SSSR count). The molecule has 1 aromatic carbocycles. The van der Waals surface area contributed by atoms with Gasteiger partial charge >= 0.3 is 0 Å². The highest BCUT2D eigenvalue weighted by Gasteiger charge is 2.25. The molecule has 0 spiro atoms. The number of fused-ring (bicyclic) bond motifs is 3. The van der Waals surface area contributed by atoms with Crippen molar-refractivity contribution < 1.29 is 4.84 Å². The highest BCUT2D eigenvalue weighted by molar-refractivity contribution is 5.57. The molecule has 2 aliphatic carbocycles. The molecule has 2 heteroatoms. The summed E-state index contributed by atoms with van der Waals surface area (Å²) in [4.78, 5) is 5.09. The minimum atomic E-state index is 0.880. The zero-order valence-electron chi connectivity index (χ0n) is 9.80. The molecule has 2 unspecified atom stereocenters. The summed E-state index contributed by atoms with van der Waals surface area (Å²) < 4.78 is 0. The van der Waals surface area contributed by atoms with Crippen LogP contribution in [0, 0.1) is 11.8 Å². The molecule has 0 radical (unpaired) electrons. The Morgan fingerprint density at radius 2 is 1.82 bits per heavy atom. The van der Waals surface area contributed by atoms with E-state index in [1.165, 1.54) is 19.3 Å². The quantitative estimate of drug-likeness (QED) is 0.685. The van der Waals surface area contributed by atoms with E-state index in [0.717, 1.165) is 23.1 Å². The van der Waals surface area contributed by atoms with Gasteiger partial charge in [-0.15, -0.1) is 0 Å². The number of hydrogen-bond acceptors (Lipinski definition) is 2. The van der Waals surface area contributed by atoms with Gasteiger partial charge < -0.3 is 4.84 Å². The molecular weight excluding hydrogens is 210 g/mol. The molecule has 2 bridgehead atoms. The van der Waals surface area contributed by atoms with E-state index in [-0.39, 0.29) is 0 Å². The average Bonchev–Trinajstić information content (AvgIpc) is 3.04. The van der Waals surface area contributed by atoms with Crippen molar-refractivity contribution in [2.45, 2.75) is 19.3 Å². The Kier molecular flexibility index (Phi) is 2.87. The third kappa shape index (κ3) is 2.36. The van der Waals surface area contributed by atoms with E-state index in [1.54, 1.807) is 6.20 Å². The molecule has 0 aromatic heterocycles. The molecule has 1 fully saturated rings. The molecule has 88 valence electrons. The molecule has 3 aliphatic rings. The molecule has 1 aromatic rings. The van der Waals surface area contributed by atoms with E-state index in [4.69, 9.17) is 4.84 Å². The number of allylic oxidation sites excluding steroid dienone is 2. The summed E-state index contributed by atoms with van der Waals surface area (Å²) in [6.07, 6.45) is 12.9. The van der Waals surface area contributed by atoms with Crippen LogP contribution in [0.3, 0.4) is 0 Å². The van der Waals surface area contributed by atoms with Crippen LogP contribution in [0.4, 0.5) is 0 Å². The zero-order chi connectivity index (χ0) is 11.5. The van der Waals surface area contributed by atoms with Gasteiger partial charge in [0.25, 0.3) is 0 Å². The van der Waals surface area contributed by atoms with Crippen LogP contribution in [-0.2, 0) is 0 Å². The minimum absolute atomic E-state index is 0.880. The first-order valence-electron chi connectivity index (χ1n) is 6.28.